The molecule has 0 saturated carbocycles. The second-order valence-electron chi connectivity index (χ2n) is 2.91. The molecule has 7 heteroatoms. The van der Waals surface area contributed by atoms with Gasteiger partial charge in [-0.3, -0.25) is 0 Å². The summed E-state index contributed by atoms with van der Waals surface area (Å²) in [6.45, 7) is 0.504. The number of anilines is 2. The summed E-state index contributed by atoms with van der Waals surface area (Å²) in [7, 11) is 1.78. The molecule has 0 spiro atoms. The molecule has 4 N–H and O–H groups in total. The van der Waals surface area contributed by atoms with E-state index >= 15 is 0 Å². The van der Waals surface area contributed by atoms with E-state index in [1.54, 1.807) is 7.05 Å². The van der Waals surface area contributed by atoms with Crippen LogP contribution < -0.4 is 10.6 Å². The summed E-state index contributed by atoms with van der Waals surface area (Å²) in [6.07, 6.45) is 1.45. The van der Waals surface area contributed by atoms with Gasteiger partial charge in [-0.15, -0.1) is 0 Å². The maximum absolute atomic E-state index is 8.66. The summed E-state index contributed by atoms with van der Waals surface area (Å²) in [5.41, 5.74) is 1.34. The SMILES string of the molecule is CNc1ncnc2nc(NCCO)[nH]c12. The van der Waals surface area contributed by atoms with Crippen molar-refractivity contribution in [3.8, 4) is 0 Å². The van der Waals surface area contributed by atoms with E-state index in [2.05, 4.69) is 30.6 Å². The number of nitrogens with one attached hydrogen (secondary N) is 3. The lowest BCUT2D eigenvalue weighted by molar-refractivity contribution is 0.311. The first-order valence-electron chi connectivity index (χ1n) is 4.58. The first-order chi connectivity index (χ1) is 7.35. The minimum atomic E-state index is 0.0572. The number of H-pyrrole nitrogens is 1. The van der Waals surface area contributed by atoms with Crippen LogP contribution in [0.15, 0.2) is 6.33 Å². The molecule has 0 atom stereocenters. The van der Waals surface area contributed by atoms with Gasteiger partial charge in [0.2, 0.25) is 5.95 Å². The smallest absolute Gasteiger partial charge is 0.202 e. The number of nitrogens with zero attached hydrogens (tertiary/aromatic N) is 3. The minimum absolute atomic E-state index is 0.0572. The Balaban J connectivity index is 2.37. The fraction of sp³-hybridized carbons (Fsp3) is 0.375. The van der Waals surface area contributed by atoms with Crippen LogP contribution in [0, 0.1) is 0 Å². The topological polar surface area (TPSA) is 98.8 Å². The predicted molar refractivity (Wildman–Crippen MR) is 56.8 cm³/mol. The lowest BCUT2D eigenvalue weighted by Crippen LogP contribution is -2.06. The van der Waals surface area contributed by atoms with Crippen molar-refractivity contribution >= 4 is 22.9 Å². The van der Waals surface area contributed by atoms with Crippen molar-refractivity contribution in [1.82, 2.24) is 19.9 Å². The molecule has 2 heterocycles. The first kappa shape index (κ1) is 9.66. The highest BCUT2D eigenvalue weighted by atomic mass is 16.3. The van der Waals surface area contributed by atoms with Crippen molar-refractivity contribution in [3.05, 3.63) is 6.33 Å². The molecule has 0 radical (unpaired) electrons. The fourth-order valence-corrected chi connectivity index (χ4v) is 1.28. The summed E-state index contributed by atoms with van der Waals surface area (Å²) in [5, 5.41) is 14.5. The summed E-state index contributed by atoms with van der Waals surface area (Å²) >= 11 is 0. The second kappa shape index (κ2) is 4.09. The highest BCUT2D eigenvalue weighted by Gasteiger charge is 2.07. The fourth-order valence-electron chi connectivity index (χ4n) is 1.28. The molecule has 0 aliphatic carbocycles. The van der Waals surface area contributed by atoms with E-state index in [0.29, 0.717) is 24.0 Å². The third-order valence-electron chi connectivity index (χ3n) is 1.93. The molecule has 0 aliphatic rings. The quantitative estimate of drug-likeness (QED) is 0.555. The van der Waals surface area contributed by atoms with Gasteiger partial charge < -0.3 is 20.7 Å². The Bertz CT molecular complexity index is 453. The first-order valence-corrected chi connectivity index (χ1v) is 4.58. The van der Waals surface area contributed by atoms with Crippen LogP contribution in [-0.2, 0) is 0 Å². The van der Waals surface area contributed by atoms with E-state index in [1.165, 1.54) is 6.33 Å². The number of imidazole rings is 1. The number of hydrogen-bond acceptors (Lipinski definition) is 6. The second-order valence-corrected chi connectivity index (χ2v) is 2.91. The molecule has 0 aromatic carbocycles. The van der Waals surface area contributed by atoms with E-state index in [4.69, 9.17) is 5.11 Å². The number of aliphatic hydroxyl groups excluding tert-OH is 1. The van der Waals surface area contributed by atoms with Crippen molar-refractivity contribution in [2.45, 2.75) is 0 Å². The van der Waals surface area contributed by atoms with Crippen LogP contribution in [0.2, 0.25) is 0 Å². The standard InChI is InChI=1S/C8H12N6O/c1-9-6-5-7(12-4-11-6)14-8(13-5)10-2-3-15/h4,15H,2-3H2,1H3,(H3,9,10,11,12,13,14). The summed E-state index contributed by atoms with van der Waals surface area (Å²) < 4.78 is 0. The Kier molecular flexibility index (Phi) is 2.64. The molecule has 2 rings (SSSR count). The number of aromatic nitrogens is 4. The Labute approximate surface area is 86.0 Å². The molecule has 0 saturated heterocycles. The third-order valence-corrected chi connectivity index (χ3v) is 1.93. The number of rotatable bonds is 4. The van der Waals surface area contributed by atoms with Gasteiger partial charge in [0, 0.05) is 13.6 Å². The third kappa shape index (κ3) is 1.82. The summed E-state index contributed by atoms with van der Waals surface area (Å²) in [4.78, 5) is 15.3. The van der Waals surface area contributed by atoms with E-state index in [1.807, 2.05) is 0 Å². The number of fused-ring (bicyclic) bond motifs is 1. The lowest BCUT2D eigenvalue weighted by Gasteiger charge is -1.98. The number of aromatic amines is 1. The van der Waals surface area contributed by atoms with Crippen molar-refractivity contribution in [1.29, 1.82) is 0 Å². The van der Waals surface area contributed by atoms with Crippen LogP contribution in [0.3, 0.4) is 0 Å². The minimum Gasteiger partial charge on any atom is -0.395 e. The molecule has 2 aromatic rings. The zero-order chi connectivity index (χ0) is 10.7. The van der Waals surface area contributed by atoms with Gasteiger partial charge >= 0.3 is 0 Å². The van der Waals surface area contributed by atoms with Crippen LogP contribution in [0.1, 0.15) is 0 Å². The molecular formula is C8H12N6O. The van der Waals surface area contributed by atoms with Crippen LogP contribution in [-0.4, -0.2) is 45.2 Å². The van der Waals surface area contributed by atoms with Gasteiger partial charge in [-0.05, 0) is 0 Å². The molecule has 7 nitrogen and oxygen atoms in total. The number of hydrogen-bond donors (Lipinski definition) is 4. The highest BCUT2D eigenvalue weighted by molar-refractivity contribution is 5.84. The van der Waals surface area contributed by atoms with Gasteiger partial charge in [0.25, 0.3) is 0 Å². The van der Waals surface area contributed by atoms with Gasteiger partial charge in [0.15, 0.2) is 11.5 Å². The predicted octanol–water partition coefficient (Wildman–Crippen LogP) is -0.201. The monoisotopic (exact) mass is 208 g/mol. The zero-order valence-corrected chi connectivity index (χ0v) is 8.28. The Hall–Kier alpha value is -1.89. The van der Waals surface area contributed by atoms with Gasteiger partial charge in [-0.25, -0.2) is 9.97 Å². The Morgan fingerprint density at radius 2 is 2.33 bits per heavy atom. The van der Waals surface area contributed by atoms with Gasteiger partial charge in [0.05, 0.1) is 6.61 Å². The molecular weight excluding hydrogens is 196 g/mol. The average Bonchev–Trinajstić information content (AvgIpc) is 2.68. The largest absolute Gasteiger partial charge is 0.395 e. The van der Waals surface area contributed by atoms with Crippen LogP contribution in [0.4, 0.5) is 11.8 Å². The van der Waals surface area contributed by atoms with Gasteiger partial charge in [-0.2, -0.15) is 4.98 Å². The maximum Gasteiger partial charge on any atom is 0.202 e. The normalized spacial score (nSPS) is 10.5. The van der Waals surface area contributed by atoms with E-state index in [0.717, 1.165) is 5.52 Å². The van der Waals surface area contributed by atoms with Crippen molar-refractivity contribution < 1.29 is 5.11 Å². The Morgan fingerprint density at radius 1 is 1.47 bits per heavy atom. The van der Waals surface area contributed by atoms with Crippen molar-refractivity contribution in [2.75, 3.05) is 30.8 Å². The van der Waals surface area contributed by atoms with E-state index < -0.39 is 0 Å². The zero-order valence-electron chi connectivity index (χ0n) is 8.28. The molecule has 0 bridgehead atoms. The molecule has 2 aromatic heterocycles. The van der Waals surface area contributed by atoms with Gasteiger partial charge in [-0.1, -0.05) is 0 Å². The van der Waals surface area contributed by atoms with Crippen molar-refractivity contribution in [3.63, 3.8) is 0 Å². The van der Waals surface area contributed by atoms with E-state index in [9.17, 15) is 0 Å². The molecule has 0 fully saturated rings. The van der Waals surface area contributed by atoms with Crippen molar-refractivity contribution in [2.24, 2.45) is 0 Å². The van der Waals surface area contributed by atoms with Crippen LogP contribution >= 0.6 is 0 Å². The van der Waals surface area contributed by atoms with Crippen LogP contribution in [0.25, 0.3) is 11.2 Å². The van der Waals surface area contributed by atoms with E-state index in [-0.39, 0.29) is 6.61 Å². The maximum atomic E-state index is 8.66. The Morgan fingerprint density at radius 3 is 3.07 bits per heavy atom. The molecule has 80 valence electrons. The molecule has 0 amide bonds. The van der Waals surface area contributed by atoms with Gasteiger partial charge in [0.1, 0.15) is 11.8 Å². The summed E-state index contributed by atoms with van der Waals surface area (Å²) in [6, 6.07) is 0. The highest BCUT2D eigenvalue weighted by Crippen LogP contribution is 2.17. The summed E-state index contributed by atoms with van der Waals surface area (Å²) in [5.74, 6) is 1.28. The molecule has 0 aliphatic heterocycles. The molecule has 0 unspecified atom stereocenters. The average molecular weight is 208 g/mol. The number of aliphatic hydroxyl groups is 1. The van der Waals surface area contributed by atoms with Crippen LogP contribution in [0.5, 0.6) is 0 Å². The lowest BCUT2D eigenvalue weighted by atomic mass is 10.5. The molecule has 15 heavy (non-hydrogen) atoms.